The van der Waals surface area contributed by atoms with E-state index in [1.165, 1.54) is 18.3 Å². The lowest BCUT2D eigenvalue weighted by atomic mass is 10.1. The van der Waals surface area contributed by atoms with Crippen molar-refractivity contribution in [1.82, 2.24) is 10.3 Å². The number of benzene rings is 2. The Balaban J connectivity index is 0.000000486. The molecule has 1 aromatic heterocycles. The van der Waals surface area contributed by atoms with E-state index in [9.17, 15) is 22.8 Å². The van der Waals surface area contributed by atoms with Gasteiger partial charge in [0.05, 0.1) is 10.6 Å². The Hall–Kier alpha value is -8.45. The monoisotopic (exact) mass is 802 g/mol. The Bertz CT molecular complexity index is 2660. The van der Waals surface area contributed by atoms with E-state index in [4.69, 9.17) is 22.8 Å². The molecule has 0 spiro atoms. The number of hydrogen-bond donors (Lipinski definition) is 3. The quantitative estimate of drug-likeness (QED) is 0.109. The number of unbranched alkanes of at least 4 members (excludes halogenated alkanes) is 1. The predicted molar refractivity (Wildman–Crippen MR) is 225 cm³/mol. The van der Waals surface area contributed by atoms with Gasteiger partial charge in [0.25, 0.3) is 5.91 Å². The number of pyridine rings is 1. The van der Waals surface area contributed by atoms with Gasteiger partial charge in [-0.2, -0.15) is 13.2 Å². The number of allylic oxidation sites excluding steroid dienone is 1. The lowest BCUT2D eigenvalue weighted by molar-refractivity contribution is -0.137. The van der Waals surface area contributed by atoms with Crippen LogP contribution in [0.15, 0.2) is 72.9 Å². The van der Waals surface area contributed by atoms with E-state index in [1.807, 2.05) is 6.92 Å². The van der Waals surface area contributed by atoms with Crippen molar-refractivity contribution in [2.75, 3.05) is 17.2 Å². The minimum Gasteiger partial charge on any atom is -0.457 e. The van der Waals surface area contributed by atoms with Crippen molar-refractivity contribution in [2.45, 2.75) is 39.3 Å². The van der Waals surface area contributed by atoms with Crippen molar-refractivity contribution in [3.63, 3.8) is 0 Å². The SMILES string of the molecule is C#CC#CC#CC#CC#CC#CC#CC#CC#CC#CC.C=C(C)CCCCNC(=O)c1cc(Oc2ccc(NC(=O)Nc3ccc(Cl)c(C(F)(F)F)c3)cc2)ccn1. The summed E-state index contributed by atoms with van der Waals surface area (Å²) in [6.07, 6.45) is 4.41. The van der Waals surface area contributed by atoms with Gasteiger partial charge in [-0.05, 0) is 176 Å². The zero-order valence-electron chi connectivity index (χ0n) is 31.6. The number of carbonyl (C=O) groups excluding carboxylic acids is 2. The number of rotatable bonds is 10. The van der Waals surface area contributed by atoms with Crippen LogP contribution in [-0.2, 0) is 6.18 Å². The van der Waals surface area contributed by atoms with Gasteiger partial charge in [-0.1, -0.05) is 23.1 Å². The van der Waals surface area contributed by atoms with Crippen LogP contribution in [0.4, 0.5) is 29.3 Å². The third-order valence-corrected chi connectivity index (χ3v) is 6.68. The predicted octanol–water partition coefficient (Wildman–Crippen LogP) is 8.34. The average Bonchev–Trinajstić information content (AvgIpc) is 3.20. The van der Waals surface area contributed by atoms with Crippen LogP contribution in [0, 0.1) is 119 Å². The van der Waals surface area contributed by atoms with E-state index in [-0.39, 0.29) is 17.3 Å². The van der Waals surface area contributed by atoms with Gasteiger partial charge in [-0.15, -0.1) is 13.0 Å². The summed E-state index contributed by atoms with van der Waals surface area (Å²) in [5, 5.41) is 7.23. The van der Waals surface area contributed by atoms with Crippen molar-refractivity contribution < 1.29 is 27.5 Å². The molecule has 0 saturated carbocycles. The molecule has 0 unspecified atom stereocenters. The zero-order valence-corrected chi connectivity index (χ0v) is 32.3. The molecule has 0 saturated heterocycles. The summed E-state index contributed by atoms with van der Waals surface area (Å²) in [7, 11) is 0. The average molecular weight is 803 g/mol. The number of carbonyl (C=O) groups is 2. The van der Waals surface area contributed by atoms with E-state index < -0.39 is 22.8 Å². The molecule has 7 nitrogen and oxygen atoms in total. The molecule has 3 aromatic rings. The first-order valence-corrected chi connectivity index (χ1v) is 17.3. The summed E-state index contributed by atoms with van der Waals surface area (Å²) < 4.78 is 44.8. The maximum atomic E-state index is 13.0. The molecule has 2 aromatic carbocycles. The molecule has 1 heterocycles. The zero-order chi connectivity index (χ0) is 43.1. The number of hydrogen-bond acceptors (Lipinski definition) is 4. The van der Waals surface area contributed by atoms with Gasteiger partial charge in [0, 0.05) is 42.0 Å². The minimum absolute atomic E-state index is 0.0661. The van der Waals surface area contributed by atoms with Gasteiger partial charge in [-0.3, -0.25) is 9.78 Å². The number of urea groups is 1. The first-order chi connectivity index (χ1) is 28.4. The van der Waals surface area contributed by atoms with E-state index in [1.54, 1.807) is 37.3 Å². The van der Waals surface area contributed by atoms with Crippen LogP contribution in [0.3, 0.4) is 0 Å². The second-order valence-electron chi connectivity index (χ2n) is 11.0. The molecular formula is C48H30ClF3N4O3. The lowest BCUT2D eigenvalue weighted by Gasteiger charge is -2.12. The summed E-state index contributed by atoms with van der Waals surface area (Å²) >= 11 is 5.60. The van der Waals surface area contributed by atoms with E-state index in [0.29, 0.717) is 23.7 Å². The van der Waals surface area contributed by atoms with E-state index in [0.717, 1.165) is 37.0 Å². The molecule has 0 radical (unpaired) electrons. The van der Waals surface area contributed by atoms with Crippen LogP contribution < -0.4 is 20.7 Å². The molecule has 59 heavy (non-hydrogen) atoms. The van der Waals surface area contributed by atoms with Crippen LogP contribution in [0.5, 0.6) is 11.5 Å². The summed E-state index contributed by atoms with van der Waals surface area (Å²) in [5.74, 6) is 47.4. The van der Waals surface area contributed by atoms with Crippen molar-refractivity contribution in [2.24, 2.45) is 0 Å². The molecule has 3 N–H and O–H groups in total. The molecule has 0 aliphatic heterocycles. The first kappa shape index (κ1) is 46.7. The molecule has 0 atom stereocenters. The van der Waals surface area contributed by atoms with Gasteiger partial charge in [-0.25, -0.2) is 4.79 Å². The fourth-order valence-corrected chi connectivity index (χ4v) is 4.09. The molecule has 11 heteroatoms. The second-order valence-corrected chi connectivity index (χ2v) is 11.4. The van der Waals surface area contributed by atoms with Crippen molar-refractivity contribution >= 4 is 34.9 Å². The molecule has 0 aliphatic rings. The maximum Gasteiger partial charge on any atom is 0.417 e. The van der Waals surface area contributed by atoms with Gasteiger partial charge < -0.3 is 20.7 Å². The number of terminal acetylenes is 1. The highest BCUT2D eigenvalue weighted by molar-refractivity contribution is 6.31. The number of amides is 3. The Kier molecular flexibility index (Phi) is 21.5. The van der Waals surface area contributed by atoms with Crippen LogP contribution in [0.25, 0.3) is 0 Å². The normalized spacial score (nSPS) is 8.42. The maximum absolute atomic E-state index is 13.0. The summed E-state index contributed by atoms with van der Waals surface area (Å²) in [5.41, 5.74) is 0.586. The van der Waals surface area contributed by atoms with Crippen molar-refractivity contribution in [3.05, 3.63) is 89.2 Å². The molecule has 288 valence electrons. The second kappa shape index (κ2) is 27.2. The third kappa shape index (κ3) is 21.3. The molecule has 3 amide bonds. The highest BCUT2D eigenvalue weighted by Gasteiger charge is 2.33. The van der Waals surface area contributed by atoms with Crippen LogP contribution in [0.2, 0.25) is 5.02 Å². The van der Waals surface area contributed by atoms with E-state index in [2.05, 4.69) is 140 Å². The van der Waals surface area contributed by atoms with Crippen LogP contribution in [0.1, 0.15) is 49.2 Å². The number of nitrogens with one attached hydrogen (secondary N) is 3. The van der Waals surface area contributed by atoms with Gasteiger partial charge in [0.1, 0.15) is 17.2 Å². The van der Waals surface area contributed by atoms with Gasteiger partial charge in [0.2, 0.25) is 0 Å². The minimum atomic E-state index is -4.65. The molecule has 0 aliphatic carbocycles. The Morgan fingerprint density at radius 3 is 1.80 bits per heavy atom. The highest BCUT2D eigenvalue weighted by Crippen LogP contribution is 2.36. The molecule has 3 rings (SSSR count). The number of anilines is 2. The van der Waals surface area contributed by atoms with Crippen LogP contribution >= 0.6 is 11.6 Å². The van der Waals surface area contributed by atoms with Gasteiger partial charge in [0.15, 0.2) is 0 Å². The van der Waals surface area contributed by atoms with Crippen LogP contribution in [-0.4, -0.2) is 23.5 Å². The Morgan fingerprint density at radius 2 is 1.27 bits per heavy atom. The molecule has 0 fully saturated rings. The highest BCUT2D eigenvalue weighted by atomic mass is 35.5. The van der Waals surface area contributed by atoms with E-state index >= 15 is 0 Å². The largest absolute Gasteiger partial charge is 0.457 e. The summed E-state index contributed by atoms with van der Waals surface area (Å²) in [6, 6.07) is 11.7. The first-order valence-electron chi connectivity index (χ1n) is 16.9. The summed E-state index contributed by atoms with van der Waals surface area (Å²) in [6.45, 7) is 8.05. The standard InChI is InChI=1S/C27H26ClF3N4O3.C21H4/c1-17(2)5-3-4-13-33-25(36)24-16-21(12-14-32-24)38-20-9-6-18(7-10-20)34-26(37)35-19-8-11-23(28)22(15-19)27(29,30)31;1-3-5-7-9-11-13-15-17-19-21-20-18-16-14-12-10-8-6-4-2/h6-12,14-16H,1,3-5,13H2,2H3,(H,33,36)(H2,34,35,37);1H,2H3. The van der Waals surface area contributed by atoms with Gasteiger partial charge >= 0.3 is 12.2 Å². The summed E-state index contributed by atoms with van der Waals surface area (Å²) in [4.78, 5) is 28.7. The fourth-order valence-electron chi connectivity index (χ4n) is 3.87. The Labute approximate surface area is 347 Å². The number of nitrogens with zero attached hydrogens (tertiary/aromatic N) is 1. The third-order valence-electron chi connectivity index (χ3n) is 6.35. The van der Waals surface area contributed by atoms with Crippen molar-refractivity contribution in [1.29, 1.82) is 0 Å². The number of ether oxygens (including phenoxy) is 1. The smallest absolute Gasteiger partial charge is 0.417 e. The fraction of sp³-hybridized carbons (Fsp3) is 0.146. The molecular weight excluding hydrogens is 773 g/mol. The number of halogens is 4. The van der Waals surface area contributed by atoms with Crippen molar-refractivity contribution in [3.8, 4) is 130 Å². The number of aromatic nitrogens is 1. The lowest BCUT2D eigenvalue weighted by Crippen LogP contribution is -2.25. The Morgan fingerprint density at radius 1 is 0.746 bits per heavy atom. The number of alkyl halides is 3. The topological polar surface area (TPSA) is 92.4 Å². The molecule has 0 bridgehead atoms.